The van der Waals surface area contributed by atoms with Crippen molar-refractivity contribution in [3.05, 3.63) is 0 Å². The van der Waals surface area contributed by atoms with Crippen molar-refractivity contribution in [3.8, 4) is 0 Å². The predicted molar refractivity (Wildman–Crippen MR) is 48.6 cm³/mol. The van der Waals surface area contributed by atoms with Gasteiger partial charge in [0, 0.05) is 6.04 Å². The molecule has 3 N–H and O–H groups in total. The summed E-state index contributed by atoms with van der Waals surface area (Å²) in [5.41, 5.74) is 4.89. The SMILES string of the molecule is CCC1CC1NC(=O)C(C)(C)N. The monoisotopic (exact) mass is 170 g/mol. The van der Waals surface area contributed by atoms with Crippen molar-refractivity contribution in [1.82, 2.24) is 5.32 Å². The van der Waals surface area contributed by atoms with Crippen LogP contribution in [0.4, 0.5) is 0 Å². The molecule has 0 aromatic carbocycles. The van der Waals surface area contributed by atoms with E-state index in [9.17, 15) is 4.79 Å². The van der Waals surface area contributed by atoms with E-state index in [1.54, 1.807) is 13.8 Å². The molecule has 0 heterocycles. The van der Waals surface area contributed by atoms with Crippen LogP contribution < -0.4 is 11.1 Å². The maximum Gasteiger partial charge on any atom is 0.239 e. The molecule has 1 aliphatic carbocycles. The van der Waals surface area contributed by atoms with Crippen LogP contribution in [0, 0.1) is 5.92 Å². The third kappa shape index (κ3) is 2.21. The highest BCUT2D eigenvalue weighted by Gasteiger charge is 2.38. The van der Waals surface area contributed by atoms with Crippen molar-refractivity contribution in [2.45, 2.75) is 45.2 Å². The molecule has 1 aliphatic rings. The Balaban J connectivity index is 2.30. The molecule has 1 fully saturated rings. The molecule has 0 bridgehead atoms. The lowest BCUT2D eigenvalue weighted by molar-refractivity contribution is -0.125. The van der Waals surface area contributed by atoms with Gasteiger partial charge in [-0.3, -0.25) is 4.79 Å². The summed E-state index contributed by atoms with van der Waals surface area (Å²) in [6.07, 6.45) is 2.27. The molecule has 3 heteroatoms. The Kier molecular flexibility index (Phi) is 2.42. The Morgan fingerprint density at radius 2 is 2.25 bits per heavy atom. The first-order valence-electron chi connectivity index (χ1n) is 4.55. The Morgan fingerprint density at radius 3 is 2.58 bits per heavy atom. The van der Waals surface area contributed by atoms with E-state index in [2.05, 4.69) is 12.2 Å². The molecular formula is C9H18N2O. The minimum atomic E-state index is -0.735. The van der Waals surface area contributed by atoms with Crippen LogP contribution in [0.2, 0.25) is 0 Å². The molecule has 1 amide bonds. The fourth-order valence-corrected chi connectivity index (χ4v) is 1.23. The van der Waals surface area contributed by atoms with Gasteiger partial charge < -0.3 is 11.1 Å². The first-order chi connectivity index (χ1) is 5.45. The molecule has 1 saturated carbocycles. The van der Waals surface area contributed by atoms with Crippen LogP contribution in [0.25, 0.3) is 0 Å². The number of amides is 1. The first-order valence-corrected chi connectivity index (χ1v) is 4.55. The van der Waals surface area contributed by atoms with Crippen LogP contribution in [0.15, 0.2) is 0 Å². The largest absolute Gasteiger partial charge is 0.352 e. The zero-order chi connectivity index (χ0) is 9.35. The Labute approximate surface area is 73.7 Å². The standard InChI is InChI=1S/C9H18N2O/c1-4-6-5-7(6)11-8(12)9(2,3)10/h6-7H,4-5,10H2,1-3H3,(H,11,12). The van der Waals surface area contributed by atoms with Crippen molar-refractivity contribution in [2.75, 3.05) is 0 Å². The quantitative estimate of drug-likeness (QED) is 0.653. The van der Waals surface area contributed by atoms with E-state index in [1.165, 1.54) is 0 Å². The average Bonchev–Trinajstić information content (AvgIpc) is 2.65. The normalized spacial score (nSPS) is 28.3. The minimum Gasteiger partial charge on any atom is -0.352 e. The van der Waals surface area contributed by atoms with Crippen molar-refractivity contribution in [2.24, 2.45) is 11.7 Å². The highest BCUT2D eigenvalue weighted by atomic mass is 16.2. The van der Waals surface area contributed by atoms with E-state index >= 15 is 0 Å². The molecule has 0 radical (unpaired) electrons. The fourth-order valence-electron chi connectivity index (χ4n) is 1.23. The summed E-state index contributed by atoms with van der Waals surface area (Å²) >= 11 is 0. The van der Waals surface area contributed by atoms with Crippen LogP contribution in [0.5, 0.6) is 0 Å². The molecule has 2 unspecified atom stereocenters. The molecule has 2 atom stereocenters. The number of hydrogen-bond donors (Lipinski definition) is 2. The highest BCUT2D eigenvalue weighted by Crippen LogP contribution is 2.33. The average molecular weight is 170 g/mol. The Bertz CT molecular complexity index is 183. The Morgan fingerprint density at radius 1 is 1.67 bits per heavy atom. The van der Waals surface area contributed by atoms with Crippen molar-refractivity contribution in [1.29, 1.82) is 0 Å². The topological polar surface area (TPSA) is 55.1 Å². The third-order valence-electron chi connectivity index (χ3n) is 2.35. The van der Waals surface area contributed by atoms with Crippen LogP contribution in [0.1, 0.15) is 33.6 Å². The zero-order valence-corrected chi connectivity index (χ0v) is 8.05. The summed E-state index contributed by atoms with van der Waals surface area (Å²) in [7, 11) is 0. The van der Waals surface area contributed by atoms with E-state index in [4.69, 9.17) is 5.73 Å². The number of carbonyl (C=O) groups is 1. The maximum atomic E-state index is 11.3. The van der Waals surface area contributed by atoms with Crippen LogP contribution >= 0.6 is 0 Å². The fraction of sp³-hybridized carbons (Fsp3) is 0.889. The molecule has 0 aromatic heterocycles. The van der Waals surface area contributed by atoms with Crippen LogP contribution in [-0.2, 0) is 4.79 Å². The molecule has 12 heavy (non-hydrogen) atoms. The van der Waals surface area contributed by atoms with Gasteiger partial charge in [0.25, 0.3) is 0 Å². The number of nitrogens with one attached hydrogen (secondary N) is 1. The third-order valence-corrected chi connectivity index (χ3v) is 2.35. The Hall–Kier alpha value is -0.570. The van der Waals surface area contributed by atoms with Gasteiger partial charge in [-0.1, -0.05) is 13.3 Å². The lowest BCUT2D eigenvalue weighted by Gasteiger charge is -2.17. The number of hydrogen-bond acceptors (Lipinski definition) is 2. The van der Waals surface area contributed by atoms with E-state index < -0.39 is 5.54 Å². The van der Waals surface area contributed by atoms with E-state index in [0.717, 1.165) is 12.8 Å². The van der Waals surface area contributed by atoms with Gasteiger partial charge in [-0.25, -0.2) is 0 Å². The van der Waals surface area contributed by atoms with E-state index in [1.807, 2.05) is 0 Å². The molecule has 70 valence electrons. The van der Waals surface area contributed by atoms with Gasteiger partial charge in [0.15, 0.2) is 0 Å². The lowest BCUT2D eigenvalue weighted by atomic mass is 10.1. The summed E-state index contributed by atoms with van der Waals surface area (Å²) in [5, 5.41) is 2.93. The lowest BCUT2D eigenvalue weighted by Crippen LogP contribution is -2.50. The first kappa shape index (κ1) is 9.52. The zero-order valence-electron chi connectivity index (χ0n) is 8.05. The molecule has 0 spiro atoms. The number of rotatable bonds is 3. The highest BCUT2D eigenvalue weighted by molar-refractivity contribution is 5.85. The maximum absolute atomic E-state index is 11.3. The van der Waals surface area contributed by atoms with Crippen LogP contribution in [0.3, 0.4) is 0 Å². The molecule has 1 rings (SSSR count). The summed E-state index contributed by atoms with van der Waals surface area (Å²) in [6.45, 7) is 5.60. The summed E-state index contributed by atoms with van der Waals surface area (Å²) < 4.78 is 0. The second kappa shape index (κ2) is 3.05. The van der Waals surface area contributed by atoms with Crippen molar-refractivity contribution in [3.63, 3.8) is 0 Å². The number of nitrogens with two attached hydrogens (primary N) is 1. The summed E-state index contributed by atoms with van der Waals surface area (Å²) in [4.78, 5) is 11.3. The molecule has 0 aliphatic heterocycles. The van der Waals surface area contributed by atoms with Gasteiger partial charge in [-0.2, -0.15) is 0 Å². The van der Waals surface area contributed by atoms with E-state index in [-0.39, 0.29) is 5.91 Å². The number of carbonyl (C=O) groups excluding carboxylic acids is 1. The van der Waals surface area contributed by atoms with Gasteiger partial charge in [-0.05, 0) is 26.2 Å². The second-order valence-electron chi connectivity index (χ2n) is 4.21. The van der Waals surface area contributed by atoms with Crippen molar-refractivity contribution < 1.29 is 4.79 Å². The van der Waals surface area contributed by atoms with Gasteiger partial charge >= 0.3 is 0 Å². The minimum absolute atomic E-state index is 0.0385. The smallest absolute Gasteiger partial charge is 0.239 e. The molecule has 0 saturated heterocycles. The van der Waals surface area contributed by atoms with Gasteiger partial charge in [0.1, 0.15) is 0 Å². The van der Waals surface area contributed by atoms with Crippen LogP contribution in [-0.4, -0.2) is 17.5 Å². The summed E-state index contributed by atoms with van der Waals surface area (Å²) in [6, 6.07) is 0.394. The van der Waals surface area contributed by atoms with Crippen molar-refractivity contribution >= 4 is 5.91 Å². The van der Waals surface area contributed by atoms with Gasteiger partial charge in [0.05, 0.1) is 5.54 Å². The second-order valence-corrected chi connectivity index (χ2v) is 4.21. The van der Waals surface area contributed by atoms with Gasteiger partial charge in [-0.15, -0.1) is 0 Å². The molecular weight excluding hydrogens is 152 g/mol. The molecule has 3 nitrogen and oxygen atoms in total. The predicted octanol–water partition coefficient (Wildman–Crippen LogP) is 0.638. The molecule has 0 aromatic rings. The van der Waals surface area contributed by atoms with Gasteiger partial charge in [0.2, 0.25) is 5.91 Å². The summed E-state index contributed by atoms with van der Waals surface area (Å²) in [5.74, 6) is 0.653. The van der Waals surface area contributed by atoms with E-state index in [0.29, 0.717) is 12.0 Å².